The van der Waals surface area contributed by atoms with Crippen molar-refractivity contribution in [1.82, 2.24) is 10.2 Å². The second-order valence-electron chi connectivity index (χ2n) is 8.53. The smallest absolute Gasteiger partial charge is 0.156 e. The number of carbonyl (C=O) groups is 1. The summed E-state index contributed by atoms with van der Waals surface area (Å²) < 4.78 is 0. The molecule has 0 aromatic heterocycles. The van der Waals surface area contributed by atoms with Crippen molar-refractivity contribution in [2.75, 3.05) is 13.1 Å². The van der Waals surface area contributed by atoms with E-state index in [0.717, 1.165) is 13.1 Å². The Hall–Kier alpha value is -1.45. The average Bonchev–Trinajstić information content (AvgIpc) is 2.44. The minimum atomic E-state index is -0.366. The molecule has 1 N–H and O–H groups in total. The Kier molecular flexibility index (Phi) is 7.37. The van der Waals surface area contributed by atoms with Gasteiger partial charge in [-0.05, 0) is 26.3 Å². The van der Waals surface area contributed by atoms with E-state index in [2.05, 4.69) is 49.7 Å². The minimum Gasteiger partial charge on any atom is -0.302 e. The fourth-order valence-corrected chi connectivity index (χ4v) is 2.73. The summed E-state index contributed by atoms with van der Waals surface area (Å²) >= 11 is 0. The molecule has 0 spiro atoms. The van der Waals surface area contributed by atoms with Gasteiger partial charge in [-0.25, -0.2) is 0 Å². The van der Waals surface area contributed by atoms with Crippen LogP contribution in [0, 0.1) is 5.41 Å². The van der Waals surface area contributed by atoms with Crippen molar-refractivity contribution in [2.24, 2.45) is 5.41 Å². The maximum absolute atomic E-state index is 12.9. The topological polar surface area (TPSA) is 32.3 Å². The van der Waals surface area contributed by atoms with E-state index in [1.54, 1.807) is 0 Å². The van der Waals surface area contributed by atoms with Gasteiger partial charge >= 0.3 is 0 Å². The Morgan fingerprint density at radius 1 is 1.17 bits per heavy atom. The summed E-state index contributed by atoms with van der Waals surface area (Å²) in [5.41, 5.74) is 0.769. The van der Waals surface area contributed by atoms with Gasteiger partial charge in [0, 0.05) is 30.6 Å². The van der Waals surface area contributed by atoms with Crippen molar-refractivity contribution in [3.05, 3.63) is 48.6 Å². The highest BCUT2D eigenvalue weighted by Crippen LogP contribution is 2.19. The first-order valence-electron chi connectivity index (χ1n) is 8.72. The molecule has 0 aliphatic carbocycles. The van der Waals surface area contributed by atoms with E-state index in [0.29, 0.717) is 6.54 Å². The van der Waals surface area contributed by atoms with Crippen molar-refractivity contribution >= 4 is 5.78 Å². The van der Waals surface area contributed by atoms with Crippen molar-refractivity contribution in [1.29, 1.82) is 0 Å². The summed E-state index contributed by atoms with van der Waals surface area (Å²) in [6.45, 7) is 18.4. The lowest BCUT2D eigenvalue weighted by atomic mass is 9.85. The number of carbonyl (C=O) groups excluding carboxylic acids is 1. The van der Waals surface area contributed by atoms with E-state index in [4.69, 9.17) is 0 Å². The molecule has 0 radical (unpaired) electrons. The van der Waals surface area contributed by atoms with Crippen LogP contribution in [0.1, 0.15) is 47.1 Å². The van der Waals surface area contributed by atoms with Gasteiger partial charge in [0.15, 0.2) is 5.78 Å². The lowest BCUT2D eigenvalue weighted by molar-refractivity contribution is -0.129. The predicted octanol–water partition coefficient (Wildman–Crippen LogP) is 4.05. The number of nitrogens with one attached hydrogen (secondary N) is 1. The van der Waals surface area contributed by atoms with Crippen LogP contribution in [0.5, 0.6) is 0 Å². The molecule has 0 amide bonds. The second-order valence-corrected chi connectivity index (χ2v) is 8.53. The molecular formula is C21H34N2O. The van der Waals surface area contributed by atoms with Gasteiger partial charge in [-0.1, -0.05) is 57.2 Å². The quantitative estimate of drug-likeness (QED) is 0.730. The first kappa shape index (κ1) is 20.6. The van der Waals surface area contributed by atoms with Crippen molar-refractivity contribution < 1.29 is 4.79 Å². The summed E-state index contributed by atoms with van der Waals surface area (Å²) in [7, 11) is 0. The lowest BCUT2D eigenvalue weighted by Gasteiger charge is -2.35. The lowest BCUT2D eigenvalue weighted by Crippen LogP contribution is -2.55. The molecule has 0 bridgehead atoms. The number of ketones is 1. The molecule has 134 valence electrons. The Morgan fingerprint density at radius 2 is 1.75 bits per heavy atom. The zero-order chi connectivity index (χ0) is 18.4. The Balaban J connectivity index is 2.93. The third-order valence-electron chi connectivity index (χ3n) is 3.74. The number of nitrogens with zero attached hydrogens (tertiary/aromatic N) is 1. The van der Waals surface area contributed by atoms with Crippen LogP contribution in [0.25, 0.3) is 0 Å². The van der Waals surface area contributed by atoms with E-state index in [1.165, 1.54) is 5.56 Å². The highest BCUT2D eigenvalue weighted by atomic mass is 16.1. The van der Waals surface area contributed by atoms with Gasteiger partial charge in [0.25, 0.3) is 0 Å². The molecule has 0 aliphatic heterocycles. The van der Waals surface area contributed by atoms with Gasteiger partial charge in [0.05, 0.1) is 6.04 Å². The molecule has 3 heteroatoms. The number of Topliss-reactive ketones (excluding diaryl/α,β-unsaturated/α-hetero) is 1. The molecule has 1 atom stereocenters. The number of rotatable bonds is 8. The molecule has 1 rings (SSSR count). The second kappa shape index (κ2) is 8.59. The maximum Gasteiger partial charge on any atom is 0.156 e. The Bertz CT molecular complexity index is 523. The van der Waals surface area contributed by atoms with Crippen LogP contribution in [0.3, 0.4) is 0 Å². The van der Waals surface area contributed by atoms with Crippen LogP contribution in [0.15, 0.2) is 43.0 Å². The normalized spacial score (nSPS) is 13.8. The molecule has 3 nitrogen and oxygen atoms in total. The molecule has 0 aliphatic rings. The number of hydrogen-bond acceptors (Lipinski definition) is 3. The van der Waals surface area contributed by atoms with Gasteiger partial charge in [0.1, 0.15) is 0 Å². The molecule has 1 aromatic carbocycles. The summed E-state index contributed by atoms with van der Waals surface area (Å²) in [6, 6.07) is 10.2. The van der Waals surface area contributed by atoms with E-state index in [1.807, 2.05) is 45.0 Å². The summed E-state index contributed by atoms with van der Waals surface area (Å²) in [5, 5.41) is 3.51. The highest BCUT2D eigenvalue weighted by molar-refractivity contribution is 5.89. The third kappa shape index (κ3) is 7.41. The van der Waals surface area contributed by atoms with Crippen molar-refractivity contribution in [3.63, 3.8) is 0 Å². The Labute approximate surface area is 148 Å². The molecule has 24 heavy (non-hydrogen) atoms. The van der Waals surface area contributed by atoms with Crippen molar-refractivity contribution in [2.45, 2.75) is 59.7 Å². The zero-order valence-electron chi connectivity index (χ0n) is 16.2. The molecule has 0 fully saturated rings. The molecule has 0 saturated heterocycles. The first-order chi connectivity index (χ1) is 11.0. The van der Waals surface area contributed by atoms with E-state index in [-0.39, 0.29) is 22.8 Å². The minimum absolute atomic E-state index is 0.113. The monoisotopic (exact) mass is 330 g/mol. The van der Waals surface area contributed by atoms with Gasteiger partial charge in [0.2, 0.25) is 0 Å². The van der Waals surface area contributed by atoms with E-state index >= 15 is 0 Å². The Morgan fingerprint density at radius 3 is 2.21 bits per heavy atom. The van der Waals surface area contributed by atoms with Gasteiger partial charge in [-0.3, -0.25) is 9.69 Å². The SMILES string of the molecule is C=CCN(Cc1ccccc1)C[C@H](NC(C)(C)C)C(=O)C(C)(C)C. The van der Waals surface area contributed by atoms with Crippen LogP contribution in [-0.4, -0.2) is 35.4 Å². The third-order valence-corrected chi connectivity index (χ3v) is 3.74. The largest absolute Gasteiger partial charge is 0.302 e. The molecule has 0 saturated carbocycles. The van der Waals surface area contributed by atoms with Crippen molar-refractivity contribution in [3.8, 4) is 0 Å². The fourth-order valence-electron chi connectivity index (χ4n) is 2.73. The maximum atomic E-state index is 12.9. The van der Waals surface area contributed by atoms with E-state index in [9.17, 15) is 4.79 Å². The summed E-state index contributed by atoms with van der Waals surface area (Å²) in [6.07, 6.45) is 1.90. The number of hydrogen-bond donors (Lipinski definition) is 1. The first-order valence-corrected chi connectivity index (χ1v) is 8.72. The summed E-state index contributed by atoms with van der Waals surface area (Å²) in [5.74, 6) is 0.250. The van der Waals surface area contributed by atoms with Gasteiger partial charge < -0.3 is 5.32 Å². The number of benzene rings is 1. The van der Waals surface area contributed by atoms with Crippen LogP contribution in [0.2, 0.25) is 0 Å². The molecular weight excluding hydrogens is 296 g/mol. The summed E-state index contributed by atoms with van der Waals surface area (Å²) in [4.78, 5) is 15.2. The fraction of sp³-hybridized carbons (Fsp3) is 0.571. The van der Waals surface area contributed by atoms with E-state index < -0.39 is 0 Å². The van der Waals surface area contributed by atoms with Gasteiger partial charge in [-0.15, -0.1) is 6.58 Å². The molecule has 0 unspecified atom stereocenters. The molecule has 0 heterocycles. The van der Waals surface area contributed by atoms with Crippen LogP contribution in [-0.2, 0) is 11.3 Å². The average molecular weight is 331 g/mol. The predicted molar refractivity (Wildman–Crippen MR) is 103 cm³/mol. The van der Waals surface area contributed by atoms with Crippen LogP contribution >= 0.6 is 0 Å². The zero-order valence-corrected chi connectivity index (χ0v) is 16.2. The molecule has 1 aromatic rings. The van der Waals surface area contributed by atoms with Crippen LogP contribution < -0.4 is 5.32 Å². The van der Waals surface area contributed by atoms with Gasteiger partial charge in [-0.2, -0.15) is 0 Å². The highest BCUT2D eigenvalue weighted by Gasteiger charge is 2.32. The standard InChI is InChI=1S/C21H34N2O/c1-8-14-23(15-17-12-10-9-11-13-17)16-18(22-21(5,6)7)19(24)20(2,3)4/h8-13,18,22H,1,14-16H2,2-7H3/t18-/m0/s1. The van der Waals surface area contributed by atoms with Crippen LogP contribution in [0.4, 0.5) is 0 Å².